The van der Waals surface area contributed by atoms with Crippen molar-refractivity contribution in [2.24, 2.45) is 0 Å². The lowest BCUT2D eigenvalue weighted by atomic mass is 10.2. The minimum absolute atomic E-state index is 0.235. The number of β-amino-alcohol motifs (C(OH)–C–C–N with tert-alkyl or cyclic N) is 1. The van der Waals surface area contributed by atoms with Crippen molar-refractivity contribution in [2.75, 3.05) is 39.5 Å². The molecule has 5 nitrogen and oxygen atoms in total. The van der Waals surface area contributed by atoms with E-state index in [2.05, 4.69) is 4.90 Å². The van der Waals surface area contributed by atoms with Crippen LogP contribution in [0, 0.1) is 0 Å². The second-order valence-electron chi connectivity index (χ2n) is 4.86. The predicted octanol–water partition coefficient (Wildman–Crippen LogP) is 0.927. The number of benzene rings is 1. The van der Waals surface area contributed by atoms with Gasteiger partial charge in [0.05, 0.1) is 31.5 Å². The summed E-state index contributed by atoms with van der Waals surface area (Å²) in [6.45, 7) is 3.97. The SMILES string of the molecule is O=C(OCCC(O)CN1CCOCC1)c1ccccc1. The van der Waals surface area contributed by atoms with E-state index in [1.165, 1.54) is 0 Å². The van der Waals surface area contributed by atoms with Crippen LogP contribution in [-0.2, 0) is 9.47 Å². The zero-order valence-corrected chi connectivity index (χ0v) is 11.5. The number of aliphatic hydroxyl groups is 1. The number of morpholine rings is 1. The van der Waals surface area contributed by atoms with Crippen molar-refractivity contribution >= 4 is 5.97 Å². The fourth-order valence-corrected chi connectivity index (χ4v) is 2.12. The molecule has 0 bridgehead atoms. The Labute approximate surface area is 119 Å². The molecular formula is C15H21NO4. The van der Waals surface area contributed by atoms with Crippen molar-refractivity contribution in [3.05, 3.63) is 35.9 Å². The third-order valence-electron chi connectivity index (χ3n) is 3.27. The van der Waals surface area contributed by atoms with Crippen molar-refractivity contribution in [1.82, 2.24) is 4.90 Å². The normalized spacial score (nSPS) is 17.6. The summed E-state index contributed by atoms with van der Waals surface area (Å²) in [4.78, 5) is 13.8. The Balaban J connectivity index is 1.63. The van der Waals surface area contributed by atoms with Gasteiger partial charge in [-0.2, -0.15) is 0 Å². The fourth-order valence-electron chi connectivity index (χ4n) is 2.12. The molecule has 2 rings (SSSR count). The number of esters is 1. The number of hydrogen-bond acceptors (Lipinski definition) is 5. The van der Waals surface area contributed by atoms with Crippen LogP contribution in [0.2, 0.25) is 0 Å². The number of nitrogens with zero attached hydrogens (tertiary/aromatic N) is 1. The van der Waals surface area contributed by atoms with Crippen LogP contribution in [0.3, 0.4) is 0 Å². The quantitative estimate of drug-likeness (QED) is 0.785. The molecule has 0 saturated carbocycles. The molecule has 110 valence electrons. The van der Waals surface area contributed by atoms with Gasteiger partial charge in [0.2, 0.25) is 0 Å². The Morgan fingerprint density at radius 1 is 1.30 bits per heavy atom. The maximum Gasteiger partial charge on any atom is 0.338 e. The van der Waals surface area contributed by atoms with Gasteiger partial charge in [-0.05, 0) is 12.1 Å². The largest absolute Gasteiger partial charge is 0.462 e. The zero-order valence-electron chi connectivity index (χ0n) is 11.5. The molecule has 1 saturated heterocycles. The summed E-state index contributed by atoms with van der Waals surface area (Å²) >= 11 is 0. The first-order chi connectivity index (χ1) is 9.75. The third-order valence-corrected chi connectivity index (χ3v) is 3.27. The third kappa shape index (κ3) is 4.92. The van der Waals surface area contributed by atoms with Gasteiger partial charge in [-0.1, -0.05) is 18.2 Å². The van der Waals surface area contributed by atoms with Gasteiger partial charge in [0, 0.05) is 26.1 Å². The Kier molecular flexibility index (Phi) is 5.98. The zero-order chi connectivity index (χ0) is 14.2. The topological polar surface area (TPSA) is 59.0 Å². The van der Waals surface area contributed by atoms with E-state index in [0.29, 0.717) is 18.5 Å². The molecule has 0 aliphatic carbocycles. The standard InChI is InChI=1S/C15H21NO4/c17-14(12-16-7-10-19-11-8-16)6-9-20-15(18)13-4-2-1-3-5-13/h1-5,14,17H,6-12H2. The minimum Gasteiger partial charge on any atom is -0.462 e. The van der Waals surface area contributed by atoms with Crippen molar-refractivity contribution < 1.29 is 19.4 Å². The van der Waals surface area contributed by atoms with E-state index in [1.807, 2.05) is 6.07 Å². The first-order valence-electron chi connectivity index (χ1n) is 6.96. The summed E-state index contributed by atoms with van der Waals surface area (Å²) in [5, 5.41) is 9.91. The fraction of sp³-hybridized carbons (Fsp3) is 0.533. The molecule has 1 aliphatic heterocycles. The summed E-state index contributed by atoms with van der Waals surface area (Å²) in [5.41, 5.74) is 0.537. The maximum absolute atomic E-state index is 11.7. The second kappa shape index (κ2) is 7.99. The molecule has 1 aromatic rings. The number of ether oxygens (including phenoxy) is 2. The maximum atomic E-state index is 11.7. The molecule has 1 heterocycles. The summed E-state index contributed by atoms with van der Waals surface area (Å²) in [5.74, 6) is -0.343. The molecule has 0 radical (unpaired) electrons. The van der Waals surface area contributed by atoms with Crippen molar-refractivity contribution in [3.8, 4) is 0 Å². The van der Waals surface area contributed by atoms with Crippen molar-refractivity contribution in [3.63, 3.8) is 0 Å². The van der Waals surface area contributed by atoms with Gasteiger partial charge in [0.25, 0.3) is 0 Å². The Morgan fingerprint density at radius 2 is 2.00 bits per heavy atom. The molecule has 20 heavy (non-hydrogen) atoms. The van der Waals surface area contributed by atoms with Gasteiger partial charge in [0.1, 0.15) is 0 Å². The van der Waals surface area contributed by atoms with Crippen LogP contribution in [-0.4, -0.2) is 61.5 Å². The predicted molar refractivity (Wildman–Crippen MR) is 74.6 cm³/mol. The minimum atomic E-state index is -0.475. The van der Waals surface area contributed by atoms with Crippen LogP contribution in [0.5, 0.6) is 0 Å². The molecule has 1 fully saturated rings. The lowest BCUT2D eigenvalue weighted by Crippen LogP contribution is -2.41. The lowest BCUT2D eigenvalue weighted by molar-refractivity contribution is 0.00674. The number of rotatable bonds is 6. The highest BCUT2D eigenvalue weighted by Gasteiger charge is 2.15. The van der Waals surface area contributed by atoms with E-state index in [9.17, 15) is 9.90 Å². The summed E-state index contributed by atoms with van der Waals surface area (Å²) in [6, 6.07) is 8.87. The highest BCUT2D eigenvalue weighted by molar-refractivity contribution is 5.89. The summed E-state index contributed by atoms with van der Waals surface area (Å²) in [7, 11) is 0. The highest BCUT2D eigenvalue weighted by atomic mass is 16.5. The van der Waals surface area contributed by atoms with Crippen LogP contribution in [0.1, 0.15) is 16.8 Å². The van der Waals surface area contributed by atoms with Crippen LogP contribution in [0.4, 0.5) is 0 Å². The van der Waals surface area contributed by atoms with Gasteiger partial charge in [-0.25, -0.2) is 4.79 Å². The van der Waals surface area contributed by atoms with Gasteiger partial charge >= 0.3 is 5.97 Å². The molecule has 1 aliphatic rings. The Morgan fingerprint density at radius 3 is 2.70 bits per heavy atom. The monoisotopic (exact) mass is 279 g/mol. The van der Waals surface area contributed by atoms with Crippen LogP contribution in [0.15, 0.2) is 30.3 Å². The van der Waals surface area contributed by atoms with Gasteiger partial charge in [-0.15, -0.1) is 0 Å². The average molecular weight is 279 g/mol. The van der Waals surface area contributed by atoms with Gasteiger partial charge in [0.15, 0.2) is 0 Å². The first kappa shape index (κ1) is 15.0. The van der Waals surface area contributed by atoms with E-state index in [4.69, 9.17) is 9.47 Å². The van der Waals surface area contributed by atoms with E-state index >= 15 is 0 Å². The van der Waals surface area contributed by atoms with Crippen molar-refractivity contribution in [2.45, 2.75) is 12.5 Å². The van der Waals surface area contributed by atoms with Gasteiger partial charge in [-0.3, -0.25) is 4.90 Å². The molecule has 1 N–H and O–H groups in total. The molecule has 0 amide bonds. The van der Waals surface area contributed by atoms with E-state index in [0.717, 1.165) is 26.3 Å². The molecular weight excluding hydrogens is 258 g/mol. The molecule has 1 aromatic carbocycles. The summed E-state index contributed by atoms with van der Waals surface area (Å²) in [6.07, 6.45) is -0.0210. The molecule has 1 atom stereocenters. The Bertz CT molecular complexity index is 404. The highest BCUT2D eigenvalue weighted by Crippen LogP contribution is 2.04. The number of carbonyl (C=O) groups is 1. The number of hydrogen-bond donors (Lipinski definition) is 1. The Hall–Kier alpha value is -1.43. The first-order valence-corrected chi connectivity index (χ1v) is 6.96. The lowest BCUT2D eigenvalue weighted by Gasteiger charge is -2.28. The molecule has 0 spiro atoms. The molecule has 0 aromatic heterocycles. The number of aliphatic hydroxyl groups excluding tert-OH is 1. The van der Waals surface area contributed by atoms with E-state index in [1.54, 1.807) is 24.3 Å². The average Bonchev–Trinajstić information content (AvgIpc) is 2.49. The van der Waals surface area contributed by atoms with Crippen LogP contribution >= 0.6 is 0 Å². The van der Waals surface area contributed by atoms with Crippen molar-refractivity contribution in [1.29, 1.82) is 0 Å². The van der Waals surface area contributed by atoms with E-state index < -0.39 is 6.10 Å². The van der Waals surface area contributed by atoms with Gasteiger partial charge < -0.3 is 14.6 Å². The van der Waals surface area contributed by atoms with Crippen LogP contribution < -0.4 is 0 Å². The second-order valence-corrected chi connectivity index (χ2v) is 4.86. The van der Waals surface area contributed by atoms with Crippen LogP contribution in [0.25, 0.3) is 0 Å². The smallest absolute Gasteiger partial charge is 0.338 e. The molecule has 1 unspecified atom stereocenters. The molecule has 5 heteroatoms. The number of carbonyl (C=O) groups excluding carboxylic acids is 1. The van der Waals surface area contributed by atoms with E-state index in [-0.39, 0.29) is 12.6 Å². The summed E-state index contributed by atoms with van der Waals surface area (Å²) < 4.78 is 10.4.